The first-order chi connectivity index (χ1) is 14.1. The van der Waals surface area contributed by atoms with E-state index in [2.05, 4.69) is 31.1 Å². The maximum Gasteiger partial charge on any atom is 0.261 e. The summed E-state index contributed by atoms with van der Waals surface area (Å²) >= 11 is 3.36. The molecule has 0 radical (unpaired) electrons. The number of fused-ring (bicyclic) bond motifs is 1. The van der Waals surface area contributed by atoms with Crippen LogP contribution in [-0.4, -0.2) is 46.7 Å². The van der Waals surface area contributed by atoms with Crippen LogP contribution in [0.5, 0.6) is 0 Å². The van der Waals surface area contributed by atoms with Gasteiger partial charge in [-0.3, -0.25) is 19.1 Å². The molecule has 0 atom stereocenters. The van der Waals surface area contributed by atoms with Crippen LogP contribution in [0.2, 0.25) is 0 Å². The average molecular weight is 457 g/mol. The van der Waals surface area contributed by atoms with Crippen molar-refractivity contribution in [1.82, 2.24) is 14.5 Å². The monoisotopic (exact) mass is 456 g/mol. The Morgan fingerprint density at radius 2 is 2.00 bits per heavy atom. The van der Waals surface area contributed by atoms with E-state index >= 15 is 0 Å². The summed E-state index contributed by atoms with van der Waals surface area (Å²) < 4.78 is 7.49. The third-order valence-electron chi connectivity index (χ3n) is 4.82. The van der Waals surface area contributed by atoms with Gasteiger partial charge in [0.05, 0.1) is 30.4 Å². The number of nitrogens with zero attached hydrogens (tertiary/aromatic N) is 3. The molecule has 1 aliphatic rings. The number of carbonyl (C=O) groups excluding carboxylic acids is 1. The van der Waals surface area contributed by atoms with Crippen molar-refractivity contribution in [3.63, 3.8) is 0 Å². The Labute approximate surface area is 176 Å². The molecule has 1 amide bonds. The number of morpholine rings is 1. The first-order valence-electron chi connectivity index (χ1n) is 9.42. The first kappa shape index (κ1) is 19.8. The van der Waals surface area contributed by atoms with Crippen molar-refractivity contribution in [2.45, 2.75) is 13.1 Å². The lowest BCUT2D eigenvalue weighted by molar-refractivity contribution is -0.116. The highest BCUT2D eigenvalue weighted by Crippen LogP contribution is 2.16. The van der Waals surface area contributed by atoms with Gasteiger partial charge in [-0.05, 0) is 35.9 Å². The highest BCUT2D eigenvalue weighted by atomic mass is 79.9. The number of rotatable bonds is 5. The maximum absolute atomic E-state index is 12.7. The predicted molar refractivity (Wildman–Crippen MR) is 115 cm³/mol. The van der Waals surface area contributed by atoms with Crippen LogP contribution in [0.4, 0.5) is 5.69 Å². The molecule has 3 aromatic rings. The standard InChI is InChI=1S/C21H21BrN4O3/c22-16-4-5-19-18(11-16)21(28)26(14-23-19)13-20(27)24-17-3-1-2-15(10-17)12-25-6-8-29-9-7-25/h1-5,10-11,14H,6-9,12-13H2,(H,24,27). The number of halogens is 1. The summed E-state index contributed by atoms with van der Waals surface area (Å²) in [5.74, 6) is -0.272. The minimum absolute atomic E-state index is 0.0953. The van der Waals surface area contributed by atoms with Crippen molar-refractivity contribution in [3.05, 3.63) is 69.2 Å². The Balaban J connectivity index is 1.44. The van der Waals surface area contributed by atoms with Gasteiger partial charge in [-0.2, -0.15) is 0 Å². The molecule has 8 heteroatoms. The van der Waals surface area contributed by atoms with Crippen molar-refractivity contribution >= 4 is 38.4 Å². The Bertz CT molecular complexity index is 1090. The summed E-state index contributed by atoms with van der Waals surface area (Å²) in [5.41, 5.74) is 2.20. The van der Waals surface area contributed by atoms with E-state index in [0.717, 1.165) is 42.9 Å². The summed E-state index contributed by atoms with van der Waals surface area (Å²) in [5, 5.41) is 3.35. The zero-order valence-corrected chi connectivity index (χ0v) is 17.4. The number of aromatic nitrogens is 2. The Morgan fingerprint density at radius 1 is 1.17 bits per heavy atom. The quantitative estimate of drug-likeness (QED) is 0.638. The number of anilines is 1. The Morgan fingerprint density at radius 3 is 2.83 bits per heavy atom. The molecule has 1 aromatic heterocycles. The Kier molecular flexibility index (Phi) is 6.03. The normalized spacial score (nSPS) is 14.8. The van der Waals surface area contributed by atoms with E-state index in [1.54, 1.807) is 12.1 Å². The molecular formula is C21H21BrN4O3. The largest absolute Gasteiger partial charge is 0.379 e. The third-order valence-corrected chi connectivity index (χ3v) is 5.31. The molecule has 29 heavy (non-hydrogen) atoms. The second kappa shape index (κ2) is 8.86. The van der Waals surface area contributed by atoms with E-state index in [1.165, 1.54) is 10.9 Å². The molecule has 1 N–H and O–H groups in total. The number of carbonyl (C=O) groups is 1. The van der Waals surface area contributed by atoms with Crippen molar-refractivity contribution in [3.8, 4) is 0 Å². The lowest BCUT2D eigenvalue weighted by atomic mass is 10.2. The molecule has 7 nitrogen and oxygen atoms in total. The molecule has 2 aromatic carbocycles. The van der Waals surface area contributed by atoms with Crippen molar-refractivity contribution < 1.29 is 9.53 Å². The second-order valence-electron chi connectivity index (χ2n) is 6.98. The Hall–Kier alpha value is -2.55. The van der Waals surface area contributed by atoms with E-state index < -0.39 is 0 Å². The fraction of sp³-hybridized carbons (Fsp3) is 0.286. The van der Waals surface area contributed by atoms with Crippen LogP contribution in [0.3, 0.4) is 0 Å². The van der Waals surface area contributed by atoms with Gasteiger partial charge in [0.15, 0.2) is 0 Å². The van der Waals surface area contributed by atoms with E-state index in [4.69, 9.17) is 4.74 Å². The molecule has 0 bridgehead atoms. The molecule has 1 saturated heterocycles. The number of nitrogens with one attached hydrogen (secondary N) is 1. The number of hydrogen-bond donors (Lipinski definition) is 1. The van der Waals surface area contributed by atoms with Crippen LogP contribution >= 0.6 is 15.9 Å². The van der Waals surface area contributed by atoms with Gasteiger partial charge >= 0.3 is 0 Å². The summed E-state index contributed by atoms with van der Waals surface area (Å²) in [6.45, 7) is 4.04. The van der Waals surface area contributed by atoms with Gasteiger partial charge in [0.25, 0.3) is 5.56 Å². The van der Waals surface area contributed by atoms with E-state index in [1.807, 2.05) is 30.3 Å². The van der Waals surface area contributed by atoms with E-state index in [9.17, 15) is 9.59 Å². The second-order valence-corrected chi connectivity index (χ2v) is 7.89. The van der Waals surface area contributed by atoms with Crippen LogP contribution in [0, 0.1) is 0 Å². The summed E-state index contributed by atoms with van der Waals surface area (Å²) in [6, 6.07) is 13.1. The fourth-order valence-corrected chi connectivity index (χ4v) is 3.73. The van der Waals surface area contributed by atoms with Gasteiger partial charge in [-0.25, -0.2) is 4.98 Å². The fourth-order valence-electron chi connectivity index (χ4n) is 3.36. The number of hydrogen-bond acceptors (Lipinski definition) is 5. The van der Waals surface area contributed by atoms with Gasteiger partial charge in [0, 0.05) is 29.8 Å². The molecule has 1 fully saturated rings. The smallest absolute Gasteiger partial charge is 0.261 e. The lowest BCUT2D eigenvalue weighted by Gasteiger charge is -2.26. The summed E-state index contributed by atoms with van der Waals surface area (Å²) in [6.07, 6.45) is 1.41. The zero-order chi connectivity index (χ0) is 20.2. The summed E-state index contributed by atoms with van der Waals surface area (Å²) in [7, 11) is 0. The molecule has 4 rings (SSSR count). The van der Waals surface area contributed by atoms with Gasteiger partial charge in [-0.1, -0.05) is 28.1 Å². The topological polar surface area (TPSA) is 76.5 Å². The first-order valence-corrected chi connectivity index (χ1v) is 10.2. The maximum atomic E-state index is 12.7. The summed E-state index contributed by atoms with van der Waals surface area (Å²) in [4.78, 5) is 31.7. The molecule has 2 heterocycles. The molecule has 0 aliphatic carbocycles. The molecular weight excluding hydrogens is 436 g/mol. The average Bonchev–Trinajstić information content (AvgIpc) is 2.71. The molecule has 0 unspecified atom stereocenters. The van der Waals surface area contributed by atoms with E-state index in [-0.39, 0.29) is 18.0 Å². The van der Waals surface area contributed by atoms with Gasteiger partial charge in [0.1, 0.15) is 6.54 Å². The molecule has 150 valence electrons. The van der Waals surface area contributed by atoms with Crippen molar-refractivity contribution in [2.75, 3.05) is 31.6 Å². The minimum atomic E-state index is -0.272. The highest BCUT2D eigenvalue weighted by Gasteiger charge is 2.12. The zero-order valence-electron chi connectivity index (χ0n) is 15.8. The predicted octanol–water partition coefficient (Wildman–Crippen LogP) is 2.63. The van der Waals surface area contributed by atoms with Crippen LogP contribution in [-0.2, 0) is 22.6 Å². The third kappa shape index (κ3) is 4.90. The van der Waals surface area contributed by atoms with E-state index in [0.29, 0.717) is 16.6 Å². The van der Waals surface area contributed by atoms with Gasteiger partial charge < -0.3 is 10.1 Å². The molecule has 1 aliphatic heterocycles. The SMILES string of the molecule is O=C(Cn1cnc2ccc(Br)cc2c1=O)Nc1cccc(CN2CCOCC2)c1. The van der Waals surface area contributed by atoms with Crippen molar-refractivity contribution in [1.29, 1.82) is 0 Å². The minimum Gasteiger partial charge on any atom is -0.379 e. The molecule has 0 saturated carbocycles. The van der Waals surface area contributed by atoms with Crippen LogP contribution in [0.25, 0.3) is 10.9 Å². The number of benzene rings is 2. The van der Waals surface area contributed by atoms with Crippen LogP contribution < -0.4 is 10.9 Å². The lowest BCUT2D eigenvalue weighted by Crippen LogP contribution is -2.35. The van der Waals surface area contributed by atoms with Gasteiger partial charge in [-0.15, -0.1) is 0 Å². The van der Waals surface area contributed by atoms with Crippen LogP contribution in [0.15, 0.2) is 58.1 Å². The highest BCUT2D eigenvalue weighted by molar-refractivity contribution is 9.10. The number of amides is 1. The van der Waals surface area contributed by atoms with Crippen LogP contribution in [0.1, 0.15) is 5.56 Å². The van der Waals surface area contributed by atoms with Crippen molar-refractivity contribution in [2.24, 2.45) is 0 Å². The molecule has 0 spiro atoms. The van der Waals surface area contributed by atoms with Gasteiger partial charge in [0.2, 0.25) is 5.91 Å². The number of ether oxygens (including phenoxy) is 1.